The van der Waals surface area contributed by atoms with Gasteiger partial charge in [0.15, 0.2) is 5.96 Å². The number of amides is 1. The molecule has 0 aromatic heterocycles. The van der Waals surface area contributed by atoms with Gasteiger partial charge in [0.25, 0.3) is 0 Å². The molecule has 1 aliphatic heterocycles. The summed E-state index contributed by atoms with van der Waals surface area (Å²) in [5, 5.41) is 6.85. The van der Waals surface area contributed by atoms with Gasteiger partial charge in [-0.2, -0.15) is 0 Å². The highest BCUT2D eigenvalue weighted by atomic mass is 16.2. The zero-order valence-corrected chi connectivity index (χ0v) is 18.3. The van der Waals surface area contributed by atoms with Crippen molar-refractivity contribution in [2.45, 2.75) is 39.0 Å². The predicted molar refractivity (Wildman–Crippen MR) is 119 cm³/mol. The highest BCUT2D eigenvalue weighted by Gasteiger charge is 2.30. The number of guanidine groups is 1. The van der Waals surface area contributed by atoms with Crippen molar-refractivity contribution >= 4 is 11.9 Å². The van der Waals surface area contributed by atoms with Crippen molar-refractivity contribution in [3.8, 4) is 0 Å². The van der Waals surface area contributed by atoms with Crippen molar-refractivity contribution < 1.29 is 4.79 Å². The van der Waals surface area contributed by atoms with Gasteiger partial charge in [-0.15, -0.1) is 0 Å². The fraction of sp³-hybridized carbons (Fsp3) is 0.652. The van der Waals surface area contributed by atoms with Gasteiger partial charge in [-0.05, 0) is 31.2 Å². The molecule has 1 aromatic rings. The van der Waals surface area contributed by atoms with Crippen LogP contribution in [0.1, 0.15) is 43.2 Å². The molecule has 6 heteroatoms. The maximum Gasteiger partial charge on any atom is 0.225 e. The Kier molecular flexibility index (Phi) is 7.92. The first-order chi connectivity index (χ1) is 14.1. The fourth-order valence-corrected chi connectivity index (χ4v) is 3.92. The van der Waals surface area contributed by atoms with Crippen LogP contribution >= 0.6 is 0 Å². The number of piperazine rings is 1. The largest absolute Gasteiger partial charge is 0.356 e. The minimum atomic E-state index is 0.319. The molecule has 1 saturated carbocycles. The van der Waals surface area contributed by atoms with Crippen LogP contribution in [0.25, 0.3) is 0 Å². The number of carbonyl (C=O) groups is 1. The molecule has 0 spiro atoms. The summed E-state index contributed by atoms with van der Waals surface area (Å²) in [6, 6.07) is 8.73. The first-order valence-electron chi connectivity index (χ1n) is 11.1. The molecular formula is C23H37N5O. The highest BCUT2D eigenvalue weighted by molar-refractivity contribution is 5.80. The summed E-state index contributed by atoms with van der Waals surface area (Å²) in [5.74, 6) is 1.99. The van der Waals surface area contributed by atoms with Crippen LogP contribution in [0.5, 0.6) is 0 Å². The van der Waals surface area contributed by atoms with E-state index in [0.717, 1.165) is 64.6 Å². The minimum absolute atomic E-state index is 0.319. The van der Waals surface area contributed by atoms with Gasteiger partial charge in [0.05, 0.1) is 0 Å². The van der Waals surface area contributed by atoms with Crippen LogP contribution in [0.4, 0.5) is 0 Å². The normalized spacial score (nSPS) is 19.6. The first-order valence-corrected chi connectivity index (χ1v) is 11.1. The Morgan fingerprint density at radius 2 is 1.83 bits per heavy atom. The second-order valence-corrected chi connectivity index (χ2v) is 8.49. The third-order valence-corrected chi connectivity index (χ3v) is 6.30. The van der Waals surface area contributed by atoms with Gasteiger partial charge in [-0.25, -0.2) is 0 Å². The third-order valence-electron chi connectivity index (χ3n) is 6.30. The molecule has 0 bridgehead atoms. The maximum atomic E-state index is 12.3. The molecule has 2 aliphatic rings. The zero-order valence-electron chi connectivity index (χ0n) is 18.3. The van der Waals surface area contributed by atoms with Crippen LogP contribution in [0.3, 0.4) is 0 Å². The molecule has 6 nitrogen and oxygen atoms in total. The predicted octanol–water partition coefficient (Wildman–Crippen LogP) is 2.21. The molecule has 1 aromatic carbocycles. The van der Waals surface area contributed by atoms with E-state index >= 15 is 0 Å². The number of nitrogens with one attached hydrogen (secondary N) is 2. The number of benzene rings is 1. The van der Waals surface area contributed by atoms with Crippen LogP contribution in [0, 0.1) is 12.8 Å². The summed E-state index contributed by atoms with van der Waals surface area (Å²) in [6.07, 6.45) is 3.41. The van der Waals surface area contributed by atoms with Gasteiger partial charge in [0.1, 0.15) is 0 Å². The Bertz CT molecular complexity index is 675. The van der Waals surface area contributed by atoms with Crippen LogP contribution < -0.4 is 10.6 Å². The summed E-state index contributed by atoms with van der Waals surface area (Å²) in [4.78, 5) is 21.2. The lowest BCUT2D eigenvalue weighted by atomic mass is 9.84. The molecule has 2 fully saturated rings. The van der Waals surface area contributed by atoms with Crippen molar-refractivity contribution in [3.63, 3.8) is 0 Å². The number of aryl methyl sites for hydroxylation is 1. The molecule has 1 saturated heterocycles. The van der Waals surface area contributed by atoms with Gasteiger partial charge < -0.3 is 15.5 Å². The van der Waals surface area contributed by atoms with E-state index in [1.807, 2.05) is 7.05 Å². The van der Waals surface area contributed by atoms with Crippen LogP contribution in [-0.4, -0.2) is 74.5 Å². The lowest BCUT2D eigenvalue weighted by molar-refractivity contribution is -0.139. The molecule has 1 heterocycles. The van der Waals surface area contributed by atoms with Crippen LogP contribution in [-0.2, 0) is 4.79 Å². The molecule has 1 unspecified atom stereocenters. The Morgan fingerprint density at radius 1 is 1.14 bits per heavy atom. The SMILES string of the molecule is CN=C(NCCN1CCN(C(=O)C2CCC2)CC1)NCC(C)c1ccc(C)cc1. The molecule has 1 atom stereocenters. The van der Waals surface area contributed by atoms with E-state index < -0.39 is 0 Å². The van der Waals surface area contributed by atoms with E-state index in [0.29, 0.717) is 17.7 Å². The Hall–Kier alpha value is -2.08. The summed E-state index contributed by atoms with van der Waals surface area (Å²) in [7, 11) is 1.82. The number of hydrogen-bond acceptors (Lipinski definition) is 3. The summed E-state index contributed by atoms with van der Waals surface area (Å²) >= 11 is 0. The fourth-order valence-electron chi connectivity index (χ4n) is 3.92. The van der Waals surface area contributed by atoms with E-state index in [9.17, 15) is 4.79 Å². The molecule has 0 radical (unpaired) electrons. The molecule has 29 heavy (non-hydrogen) atoms. The van der Waals surface area contributed by atoms with Gasteiger partial charge in [0.2, 0.25) is 5.91 Å². The van der Waals surface area contributed by atoms with Gasteiger partial charge in [0, 0.05) is 58.8 Å². The molecule has 1 aliphatic carbocycles. The van der Waals surface area contributed by atoms with Crippen molar-refractivity contribution in [2.75, 3.05) is 52.9 Å². The van der Waals surface area contributed by atoms with Crippen LogP contribution in [0.15, 0.2) is 29.3 Å². The van der Waals surface area contributed by atoms with E-state index in [1.54, 1.807) is 0 Å². The maximum absolute atomic E-state index is 12.3. The van der Waals surface area contributed by atoms with E-state index in [1.165, 1.54) is 17.5 Å². The number of hydrogen-bond donors (Lipinski definition) is 2. The molecule has 2 N–H and O–H groups in total. The quantitative estimate of drug-likeness (QED) is 0.545. The minimum Gasteiger partial charge on any atom is -0.356 e. The van der Waals surface area contributed by atoms with Crippen molar-refractivity contribution in [3.05, 3.63) is 35.4 Å². The zero-order chi connectivity index (χ0) is 20.6. The third kappa shape index (κ3) is 6.20. The van der Waals surface area contributed by atoms with E-state index in [2.05, 4.69) is 63.5 Å². The molecule has 160 valence electrons. The average molecular weight is 400 g/mol. The smallest absolute Gasteiger partial charge is 0.225 e. The standard InChI is InChI=1S/C23H37N5O/c1-18-7-9-20(10-8-18)19(2)17-26-23(24-3)25-11-12-27-13-15-28(16-14-27)22(29)21-5-4-6-21/h7-10,19,21H,4-6,11-17H2,1-3H3,(H2,24,25,26). The number of rotatable bonds is 7. The molecular weight excluding hydrogens is 362 g/mol. The van der Waals surface area contributed by atoms with Crippen LogP contribution in [0.2, 0.25) is 0 Å². The molecule has 1 amide bonds. The van der Waals surface area contributed by atoms with E-state index in [-0.39, 0.29) is 0 Å². The topological polar surface area (TPSA) is 60.0 Å². The Labute approximate surface area is 175 Å². The number of nitrogens with zero attached hydrogens (tertiary/aromatic N) is 3. The molecule has 3 rings (SSSR count). The second kappa shape index (κ2) is 10.6. The lowest BCUT2D eigenvalue weighted by Gasteiger charge is -2.38. The van der Waals surface area contributed by atoms with Gasteiger partial charge in [-0.3, -0.25) is 14.7 Å². The van der Waals surface area contributed by atoms with Gasteiger partial charge >= 0.3 is 0 Å². The lowest BCUT2D eigenvalue weighted by Crippen LogP contribution is -2.52. The second-order valence-electron chi connectivity index (χ2n) is 8.49. The number of carbonyl (C=O) groups excluding carboxylic acids is 1. The Balaban J connectivity index is 1.32. The summed E-state index contributed by atoms with van der Waals surface area (Å²) < 4.78 is 0. The van der Waals surface area contributed by atoms with Crippen molar-refractivity contribution in [2.24, 2.45) is 10.9 Å². The Morgan fingerprint density at radius 3 is 2.41 bits per heavy atom. The highest BCUT2D eigenvalue weighted by Crippen LogP contribution is 2.28. The summed E-state index contributed by atoms with van der Waals surface area (Å²) in [5.41, 5.74) is 2.63. The van der Waals surface area contributed by atoms with E-state index in [4.69, 9.17) is 0 Å². The first kappa shape index (κ1) is 21.6. The monoisotopic (exact) mass is 399 g/mol. The average Bonchev–Trinajstić information content (AvgIpc) is 2.70. The van der Waals surface area contributed by atoms with Crippen molar-refractivity contribution in [1.82, 2.24) is 20.4 Å². The van der Waals surface area contributed by atoms with Gasteiger partial charge in [-0.1, -0.05) is 43.2 Å². The number of aliphatic imine (C=N–C) groups is 1. The summed E-state index contributed by atoms with van der Waals surface area (Å²) in [6.45, 7) is 10.7. The van der Waals surface area contributed by atoms with Crippen molar-refractivity contribution in [1.29, 1.82) is 0 Å².